The van der Waals surface area contributed by atoms with Crippen LogP contribution in [0.1, 0.15) is 54.2 Å². The van der Waals surface area contributed by atoms with Gasteiger partial charge in [-0.1, -0.05) is 36.4 Å². The molecule has 1 saturated carbocycles. The summed E-state index contributed by atoms with van der Waals surface area (Å²) in [5.41, 5.74) is 12.1. The summed E-state index contributed by atoms with van der Waals surface area (Å²) < 4.78 is 13.1. The highest BCUT2D eigenvalue weighted by Crippen LogP contribution is 2.40. The normalized spacial score (nSPS) is 13.8. The van der Waals surface area contributed by atoms with E-state index in [-0.39, 0.29) is 12.6 Å². The SMILES string of the molecule is CCOC(=O)c1c(-c2ccc(OCc3ccc(C4CC4)cc3)cc2)c(-c2ccncc2)nn1CC(C)N. The zero-order chi connectivity index (χ0) is 25.8. The van der Waals surface area contributed by atoms with Gasteiger partial charge in [0.2, 0.25) is 0 Å². The third kappa shape index (κ3) is 5.73. The molecule has 0 spiro atoms. The van der Waals surface area contributed by atoms with Crippen LogP contribution >= 0.6 is 0 Å². The van der Waals surface area contributed by atoms with Crippen LogP contribution < -0.4 is 10.5 Å². The maximum Gasteiger partial charge on any atom is 0.357 e. The Bertz CT molecular complexity index is 1340. The van der Waals surface area contributed by atoms with Gasteiger partial charge in [-0.3, -0.25) is 9.67 Å². The van der Waals surface area contributed by atoms with Crippen molar-refractivity contribution in [3.63, 3.8) is 0 Å². The van der Waals surface area contributed by atoms with E-state index in [1.807, 2.05) is 43.3 Å². The van der Waals surface area contributed by atoms with Crippen LogP contribution in [0.4, 0.5) is 0 Å². The number of nitrogens with zero attached hydrogens (tertiary/aromatic N) is 3. The first-order valence-electron chi connectivity index (χ1n) is 12.8. The molecule has 37 heavy (non-hydrogen) atoms. The quantitative estimate of drug-likeness (QED) is 0.288. The highest BCUT2D eigenvalue weighted by molar-refractivity contribution is 6.00. The van der Waals surface area contributed by atoms with Gasteiger partial charge in [-0.2, -0.15) is 5.10 Å². The third-order valence-electron chi connectivity index (χ3n) is 6.41. The van der Waals surface area contributed by atoms with Gasteiger partial charge in [-0.05, 0) is 73.6 Å². The van der Waals surface area contributed by atoms with Crippen LogP contribution in [0.5, 0.6) is 5.75 Å². The Morgan fingerprint density at radius 2 is 1.73 bits per heavy atom. The Morgan fingerprint density at radius 1 is 1.03 bits per heavy atom. The molecule has 2 aromatic carbocycles. The number of hydrogen-bond acceptors (Lipinski definition) is 6. The summed E-state index contributed by atoms with van der Waals surface area (Å²) in [6.45, 7) is 4.81. The average molecular weight is 497 g/mol. The molecule has 0 saturated heterocycles. The number of benzene rings is 2. The molecule has 0 radical (unpaired) electrons. The number of nitrogens with two attached hydrogens (primary N) is 1. The van der Waals surface area contributed by atoms with Crippen LogP contribution in [0.25, 0.3) is 22.4 Å². The summed E-state index contributed by atoms with van der Waals surface area (Å²) in [6, 6.07) is 20.0. The second kappa shape index (κ2) is 11.0. The highest BCUT2D eigenvalue weighted by atomic mass is 16.5. The minimum Gasteiger partial charge on any atom is -0.489 e. The van der Waals surface area contributed by atoms with Gasteiger partial charge in [-0.25, -0.2) is 4.79 Å². The number of pyridine rings is 1. The van der Waals surface area contributed by atoms with E-state index in [0.717, 1.165) is 28.4 Å². The third-order valence-corrected chi connectivity index (χ3v) is 6.41. The lowest BCUT2D eigenvalue weighted by molar-refractivity contribution is 0.0512. The van der Waals surface area contributed by atoms with Crippen LogP contribution in [-0.4, -0.2) is 33.4 Å². The fourth-order valence-corrected chi connectivity index (χ4v) is 4.45. The van der Waals surface area contributed by atoms with Crippen molar-refractivity contribution >= 4 is 5.97 Å². The van der Waals surface area contributed by atoms with Crippen LogP contribution in [-0.2, 0) is 17.9 Å². The predicted octanol–water partition coefficient (Wildman–Crippen LogP) is 5.59. The largest absolute Gasteiger partial charge is 0.489 e. The van der Waals surface area contributed by atoms with Crippen LogP contribution in [0.15, 0.2) is 73.1 Å². The second-order valence-electron chi connectivity index (χ2n) is 9.52. The van der Waals surface area contributed by atoms with Crippen molar-refractivity contribution in [1.29, 1.82) is 0 Å². The first kappa shape index (κ1) is 24.7. The molecule has 7 heteroatoms. The number of hydrogen-bond donors (Lipinski definition) is 1. The molecule has 4 aromatic rings. The van der Waals surface area contributed by atoms with E-state index in [9.17, 15) is 4.79 Å². The molecule has 1 aliphatic rings. The van der Waals surface area contributed by atoms with Crippen molar-refractivity contribution < 1.29 is 14.3 Å². The first-order valence-corrected chi connectivity index (χ1v) is 12.8. The van der Waals surface area contributed by atoms with Crippen molar-refractivity contribution in [3.05, 3.63) is 89.9 Å². The summed E-state index contributed by atoms with van der Waals surface area (Å²) in [5.74, 6) is 1.07. The maximum absolute atomic E-state index is 13.1. The molecule has 1 aliphatic carbocycles. The Balaban J connectivity index is 1.45. The average Bonchev–Trinajstić information content (AvgIpc) is 3.70. The molecule has 1 atom stereocenters. The predicted molar refractivity (Wildman–Crippen MR) is 143 cm³/mol. The van der Waals surface area contributed by atoms with Crippen LogP contribution in [0.2, 0.25) is 0 Å². The summed E-state index contributed by atoms with van der Waals surface area (Å²) in [4.78, 5) is 17.2. The Labute approximate surface area is 217 Å². The van der Waals surface area contributed by atoms with Gasteiger partial charge in [0, 0.05) is 29.6 Å². The van der Waals surface area contributed by atoms with Crippen molar-refractivity contribution in [3.8, 4) is 28.1 Å². The molecule has 5 rings (SSSR count). The molecule has 7 nitrogen and oxygen atoms in total. The number of carbonyl (C=O) groups is 1. The zero-order valence-corrected chi connectivity index (χ0v) is 21.3. The Morgan fingerprint density at radius 3 is 2.35 bits per heavy atom. The topological polar surface area (TPSA) is 92.3 Å². The number of ether oxygens (including phenoxy) is 2. The standard InChI is InChI=1S/C30H32N4O3/c1-3-36-30(35)29-27(28(25-14-16-32-17-15-25)33-34(29)18-20(2)31)24-10-12-26(13-11-24)37-19-21-4-6-22(7-5-21)23-8-9-23/h4-7,10-17,20,23H,3,8-9,18-19,31H2,1-2H3. The Hall–Kier alpha value is -3.97. The monoisotopic (exact) mass is 496 g/mol. The fourth-order valence-electron chi connectivity index (χ4n) is 4.45. The molecule has 2 heterocycles. The summed E-state index contributed by atoms with van der Waals surface area (Å²) in [5, 5.41) is 4.80. The molecule has 1 fully saturated rings. The van der Waals surface area contributed by atoms with E-state index >= 15 is 0 Å². The molecule has 2 N–H and O–H groups in total. The van der Waals surface area contributed by atoms with Crippen molar-refractivity contribution in [1.82, 2.24) is 14.8 Å². The lowest BCUT2D eigenvalue weighted by atomic mass is 9.99. The first-order chi connectivity index (χ1) is 18.0. The van der Waals surface area contributed by atoms with Gasteiger partial charge in [0.25, 0.3) is 0 Å². The molecular formula is C30H32N4O3. The van der Waals surface area contributed by atoms with E-state index in [4.69, 9.17) is 20.3 Å². The van der Waals surface area contributed by atoms with Gasteiger partial charge < -0.3 is 15.2 Å². The summed E-state index contributed by atoms with van der Waals surface area (Å²) >= 11 is 0. The van der Waals surface area contributed by atoms with Crippen LogP contribution in [0, 0.1) is 0 Å². The van der Waals surface area contributed by atoms with E-state index in [1.54, 1.807) is 24.0 Å². The smallest absolute Gasteiger partial charge is 0.357 e. The molecule has 190 valence electrons. The Kier molecular flexibility index (Phi) is 7.32. The lowest BCUT2D eigenvalue weighted by Crippen LogP contribution is -2.25. The van der Waals surface area contributed by atoms with Gasteiger partial charge in [0.15, 0.2) is 5.69 Å². The van der Waals surface area contributed by atoms with E-state index in [0.29, 0.717) is 30.1 Å². The fraction of sp³-hybridized carbons (Fsp3) is 0.300. The number of esters is 1. The van der Waals surface area contributed by atoms with Crippen LogP contribution in [0.3, 0.4) is 0 Å². The second-order valence-corrected chi connectivity index (χ2v) is 9.52. The number of rotatable bonds is 10. The molecular weight excluding hydrogens is 464 g/mol. The minimum atomic E-state index is -0.430. The summed E-state index contributed by atoms with van der Waals surface area (Å²) in [6.07, 6.45) is 6.02. The van der Waals surface area contributed by atoms with Crippen molar-refractivity contribution in [2.45, 2.75) is 51.8 Å². The zero-order valence-electron chi connectivity index (χ0n) is 21.3. The molecule has 0 aliphatic heterocycles. The van der Waals surface area contributed by atoms with Gasteiger partial charge >= 0.3 is 5.97 Å². The van der Waals surface area contributed by atoms with E-state index in [1.165, 1.54) is 18.4 Å². The number of aromatic nitrogens is 3. The van der Waals surface area contributed by atoms with Gasteiger partial charge in [0.05, 0.1) is 13.2 Å². The van der Waals surface area contributed by atoms with Gasteiger partial charge in [-0.15, -0.1) is 0 Å². The molecule has 2 aromatic heterocycles. The van der Waals surface area contributed by atoms with Crippen molar-refractivity contribution in [2.75, 3.05) is 6.61 Å². The van der Waals surface area contributed by atoms with Crippen molar-refractivity contribution in [2.24, 2.45) is 5.73 Å². The highest BCUT2D eigenvalue weighted by Gasteiger charge is 2.27. The molecule has 1 unspecified atom stereocenters. The van der Waals surface area contributed by atoms with E-state index in [2.05, 4.69) is 29.2 Å². The van der Waals surface area contributed by atoms with Gasteiger partial charge in [0.1, 0.15) is 18.1 Å². The molecule has 0 amide bonds. The minimum absolute atomic E-state index is 0.194. The van der Waals surface area contributed by atoms with E-state index < -0.39 is 5.97 Å². The maximum atomic E-state index is 13.1. The summed E-state index contributed by atoms with van der Waals surface area (Å²) in [7, 11) is 0. The lowest BCUT2D eigenvalue weighted by Gasteiger charge is -2.12. The molecule has 0 bridgehead atoms. The number of carbonyl (C=O) groups excluding carboxylic acids is 1.